The van der Waals surface area contributed by atoms with Crippen molar-refractivity contribution in [1.29, 1.82) is 0 Å². The maximum absolute atomic E-state index is 12.2. The molecule has 0 bridgehead atoms. The first-order valence-corrected chi connectivity index (χ1v) is 6.60. The van der Waals surface area contributed by atoms with E-state index in [4.69, 9.17) is 18.0 Å². The van der Waals surface area contributed by atoms with Gasteiger partial charge in [-0.25, -0.2) is 0 Å². The van der Waals surface area contributed by atoms with Crippen molar-refractivity contribution in [3.8, 4) is 0 Å². The van der Waals surface area contributed by atoms with Crippen LogP contribution >= 0.6 is 23.6 Å². The fraction of sp³-hybridized carbons (Fsp3) is 0.0769. The van der Waals surface area contributed by atoms with Crippen molar-refractivity contribution in [2.24, 2.45) is 5.73 Å². The van der Waals surface area contributed by atoms with E-state index in [1.165, 1.54) is 11.3 Å². The quantitative estimate of drug-likeness (QED) is 0.877. The van der Waals surface area contributed by atoms with Gasteiger partial charge < -0.3 is 10.6 Å². The summed E-state index contributed by atoms with van der Waals surface area (Å²) in [6, 6.07) is 11.0. The number of carbonyl (C=O) groups excluding carboxylic acids is 1. The highest BCUT2D eigenvalue weighted by molar-refractivity contribution is 7.80. The maximum Gasteiger partial charge on any atom is 0.268 e. The highest BCUT2D eigenvalue weighted by Crippen LogP contribution is 2.22. The Labute approximate surface area is 115 Å². The molecule has 0 saturated heterocycles. The van der Waals surface area contributed by atoms with Crippen molar-refractivity contribution in [3.05, 3.63) is 52.2 Å². The summed E-state index contributed by atoms with van der Waals surface area (Å²) in [6.07, 6.45) is 0. The number of thiophene rings is 1. The molecular weight excluding hydrogens is 264 g/mol. The molecule has 0 spiro atoms. The topological polar surface area (TPSA) is 46.3 Å². The van der Waals surface area contributed by atoms with Crippen LogP contribution < -0.4 is 10.6 Å². The summed E-state index contributed by atoms with van der Waals surface area (Å²) in [5.74, 6) is -0.0614. The van der Waals surface area contributed by atoms with E-state index in [0.717, 1.165) is 5.69 Å². The molecule has 0 aliphatic carbocycles. The van der Waals surface area contributed by atoms with Crippen molar-refractivity contribution in [1.82, 2.24) is 0 Å². The number of thiocarbonyl (C=S) groups is 1. The first-order valence-electron chi connectivity index (χ1n) is 5.31. The van der Waals surface area contributed by atoms with Crippen LogP contribution in [0.15, 0.2) is 41.8 Å². The summed E-state index contributed by atoms with van der Waals surface area (Å²) < 4.78 is 0. The van der Waals surface area contributed by atoms with Gasteiger partial charge in [-0.15, -0.1) is 11.3 Å². The highest BCUT2D eigenvalue weighted by Gasteiger charge is 2.17. The van der Waals surface area contributed by atoms with Gasteiger partial charge >= 0.3 is 0 Å². The lowest BCUT2D eigenvalue weighted by atomic mass is 10.1. The van der Waals surface area contributed by atoms with E-state index in [9.17, 15) is 4.79 Å². The Balaban J connectivity index is 2.37. The second-order valence-electron chi connectivity index (χ2n) is 3.72. The van der Waals surface area contributed by atoms with Crippen LogP contribution in [0.25, 0.3) is 0 Å². The van der Waals surface area contributed by atoms with Crippen LogP contribution in [-0.4, -0.2) is 17.9 Å². The number of hydrogen-bond donors (Lipinski definition) is 1. The van der Waals surface area contributed by atoms with Crippen molar-refractivity contribution < 1.29 is 4.79 Å². The summed E-state index contributed by atoms with van der Waals surface area (Å²) in [5.41, 5.74) is 7.10. The van der Waals surface area contributed by atoms with E-state index in [-0.39, 0.29) is 10.9 Å². The standard InChI is InChI=1S/C13H12N2OS2/c1-15(13(16)11-7-4-8-18-11)10-6-3-2-5-9(10)12(14)17/h2-8H,1H3,(H2,14,17). The lowest BCUT2D eigenvalue weighted by molar-refractivity contribution is 0.0997. The van der Waals surface area contributed by atoms with Crippen LogP contribution in [0.2, 0.25) is 0 Å². The Bertz CT molecular complexity index is 578. The van der Waals surface area contributed by atoms with E-state index >= 15 is 0 Å². The molecule has 3 nitrogen and oxygen atoms in total. The average molecular weight is 276 g/mol. The zero-order chi connectivity index (χ0) is 13.1. The summed E-state index contributed by atoms with van der Waals surface area (Å²) in [5, 5.41) is 1.88. The predicted molar refractivity (Wildman–Crippen MR) is 79.4 cm³/mol. The Kier molecular flexibility index (Phi) is 3.74. The number of nitrogens with two attached hydrogens (primary N) is 1. The molecule has 1 heterocycles. The molecular formula is C13H12N2OS2. The number of hydrogen-bond acceptors (Lipinski definition) is 3. The Morgan fingerprint density at radius 3 is 2.61 bits per heavy atom. The van der Waals surface area contributed by atoms with Crippen LogP contribution in [0.5, 0.6) is 0 Å². The Morgan fingerprint density at radius 1 is 1.28 bits per heavy atom. The number of benzene rings is 1. The van der Waals surface area contributed by atoms with Gasteiger partial charge in [-0.3, -0.25) is 4.79 Å². The summed E-state index contributed by atoms with van der Waals surface area (Å²) >= 11 is 6.41. The molecule has 2 N–H and O–H groups in total. The van der Waals surface area contributed by atoms with Gasteiger partial charge in [-0.05, 0) is 23.6 Å². The third kappa shape index (κ3) is 2.42. The van der Waals surface area contributed by atoms with Crippen molar-refractivity contribution in [2.75, 3.05) is 11.9 Å². The zero-order valence-electron chi connectivity index (χ0n) is 9.79. The highest BCUT2D eigenvalue weighted by atomic mass is 32.1. The molecule has 18 heavy (non-hydrogen) atoms. The number of nitrogens with zero attached hydrogens (tertiary/aromatic N) is 1. The SMILES string of the molecule is CN(C(=O)c1cccs1)c1ccccc1C(N)=S. The molecule has 0 atom stereocenters. The van der Waals surface area contributed by atoms with Gasteiger partial charge in [0.15, 0.2) is 0 Å². The zero-order valence-corrected chi connectivity index (χ0v) is 11.4. The van der Waals surface area contributed by atoms with Crippen LogP contribution in [0.1, 0.15) is 15.2 Å². The normalized spacial score (nSPS) is 10.1. The van der Waals surface area contributed by atoms with Crippen LogP contribution in [0.3, 0.4) is 0 Å². The van der Waals surface area contributed by atoms with E-state index in [0.29, 0.717) is 10.4 Å². The molecule has 2 aromatic rings. The van der Waals surface area contributed by atoms with E-state index < -0.39 is 0 Å². The van der Waals surface area contributed by atoms with Crippen LogP contribution in [-0.2, 0) is 0 Å². The smallest absolute Gasteiger partial charge is 0.268 e. The largest absolute Gasteiger partial charge is 0.389 e. The molecule has 92 valence electrons. The molecule has 0 unspecified atom stereocenters. The molecule has 1 aromatic heterocycles. The first kappa shape index (κ1) is 12.7. The second-order valence-corrected chi connectivity index (χ2v) is 5.11. The number of anilines is 1. The molecule has 1 aromatic carbocycles. The third-order valence-electron chi connectivity index (χ3n) is 2.57. The molecule has 0 aliphatic heterocycles. The number of para-hydroxylation sites is 1. The second kappa shape index (κ2) is 5.29. The number of amides is 1. The lowest BCUT2D eigenvalue weighted by Crippen LogP contribution is -2.28. The number of rotatable bonds is 3. The van der Waals surface area contributed by atoms with Crippen LogP contribution in [0, 0.1) is 0 Å². The monoisotopic (exact) mass is 276 g/mol. The van der Waals surface area contributed by atoms with E-state index in [1.807, 2.05) is 35.7 Å². The summed E-state index contributed by atoms with van der Waals surface area (Å²) in [4.78, 5) is 14.8. The number of carbonyl (C=O) groups is 1. The lowest BCUT2D eigenvalue weighted by Gasteiger charge is -2.19. The minimum atomic E-state index is -0.0614. The summed E-state index contributed by atoms with van der Waals surface area (Å²) in [6.45, 7) is 0. The van der Waals surface area contributed by atoms with E-state index in [1.54, 1.807) is 18.0 Å². The fourth-order valence-corrected chi connectivity index (χ4v) is 2.52. The third-order valence-corrected chi connectivity index (χ3v) is 3.65. The van der Waals surface area contributed by atoms with E-state index in [2.05, 4.69) is 0 Å². The molecule has 1 amide bonds. The fourth-order valence-electron chi connectivity index (χ4n) is 1.65. The Hall–Kier alpha value is -1.72. The van der Waals surface area contributed by atoms with Gasteiger partial charge in [-0.1, -0.05) is 30.4 Å². The Morgan fingerprint density at radius 2 is 2.00 bits per heavy atom. The van der Waals surface area contributed by atoms with Gasteiger partial charge in [0, 0.05) is 12.6 Å². The molecule has 0 aliphatic rings. The van der Waals surface area contributed by atoms with Crippen LogP contribution in [0.4, 0.5) is 5.69 Å². The van der Waals surface area contributed by atoms with Gasteiger partial charge in [0.1, 0.15) is 4.99 Å². The first-order chi connectivity index (χ1) is 8.61. The summed E-state index contributed by atoms with van der Waals surface area (Å²) in [7, 11) is 1.72. The van der Waals surface area contributed by atoms with Gasteiger partial charge in [0.2, 0.25) is 0 Å². The minimum absolute atomic E-state index is 0.0614. The minimum Gasteiger partial charge on any atom is -0.389 e. The van der Waals surface area contributed by atoms with Gasteiger partial charge in [0.25, 0.3) is 5.91 Å². The molecule has 0 radical (unpaired) electrons. The molecule has 2 rings (SSSR count). The van der Waals surface area contributed by atoms with Crippen molar-refractivity contribution >= 4 is 40.1 Å². The van der Waals surface area contributed by atoms with Gasteiger partial charge in [-0.2, -0.15) is 0 Å². The van der Waals surface area contributed by atoms with Gasteiger partial charge in [0.05, 0.1) is 10.6 Å². The predicted octanol–water partition coefficient (Wildman–Crippen LogP) is 2.66. The molecule has 0 saturated carbocycles. The van der Waals surface area contributed by atoms with Crippen molar-refractivity contribution in [3.63, 3.8) is 0 Å². The maximum atomic E-state index is 12.2. The molecule has 5 heteroatoms. The average Bonchev–Trinajstić information content (AvgIpc) is 2.90. The van der Waals surface area contributed by atoms with Crippen molar-refractivity contribution in [2.45, 2.75) is 0 Å². The molecule has 0 fully saturated rings.